The van der Waals surface area contributed by atoms with Gasteiger partial charge in [-0.05, 0) is 54.8 Å². The minimum atomic E-state index is 0.517. The Bertz CT molecular complexity index is 991. The molecule has 0 amide bonds. The minimum absolute atomic E-state index is 0.517. The highest BCUT2D eigenvalue weighted by Gasteiger charge is 2.19. The van der Waals surface area contributed by atoms with Crippen molar-refractivity contribution in [1.29, 1.82) is 0 Å². The molecule has 4 rings (SSSR count). The van der Waals surface area contributed by atoms with Gasteiger partial charge in [0.05, 0.1) is 5.56 Å². The van der Waals surface area contributed by atoms with E-state index >= 15 is 0 Å². The second-order valence-electron chi connectivity index (χ2n) is 7.66. The van der Waals surface area contributed by atoms with E-state index in [4.69, 9.17) is 11.6 Å². The predicted molar refractivity (Wildman–Crippen MR) is 121 cm³/mol. The Morgan fingerprint density at radius 2 is 1.63 bits per heavy atom. The van der Waals surface area contributed by atoms with Gasteiger partial charge in [-0.15, -0.1) is 0 Å². The quantitative estimate of drug-likeness (QED) is 0.630. The second kappa shape index (κ2) is 10.4. The summed E-state index contributed by atoms with van der Waals surface area (Å²) in [5, 5.41) is 4.52. The van der Waals surface area contributed by atoms with Crippen molar-refractivity contribution in [1.82, 2.24) is 20.2 Å². The number of piperidine rings is 1. The summed E-state index contributed by atoms with van der Waals surface area (Å²) >= 11 is 6.00. The molecule has 2 aromatic carbocycles. The number of benzene rings is 2. The van der Waals surface area contributed by atoms with Gasteiger partial charge in [0.25, 0.3) is 0 Å². The number of rotatable bonds is 5. The van der Waals surface area contributed by atoms with Gasteiger partial charge < -0.3 is 5.32 Å². The fourth-order valence-electron chi connectivity index (χ4n) is 3.69. The monoisotopic (exact) mass is 416 g/mol. The third-order valence-electron chi connectivity index (χ3n) is 5.29. The Morgan fingerprint density at radius 3 is 2.40 bits per heavy atom. The van der Waals surface area contributed by atoms with Gasteiger partial charge in [-0.3, -0.25) is 4.90 Å². The Morgan fingerprint density at radius 1 is 0.933 bits per heavy atom. The Hall–Kier alpha value is -2.71. The summed E-state index contributed by atoms with van der Waals surface area (Å²) in [7, 11) is 0. The van der Waals surface area contributed by atoms with E-state index in [9.17, 15) is 0 Å². The number of nitrogens with zero attached hydrogens (tertiary/aromatic N) is 3. The molecule has 0 saturated carbocycles. The van der Waals surface area contributed by atoms with Crippen molar-refractivity contribution in [3.63, 3.8) is 0 Å². The van der Waals surface area contributed by atoms with Crippen LogP contribution in [0.5, 0.6) is 0 Å². The molecule has 1 atom stereocenters. The lowest BCUT2D eigenvalue weighted by Gasteiger charge is -2.33. The molecule has 2 heterocycles. The largest absolute Gasteiger partial charge is 0.309 e. The lowest BCUT2D eigenvalue weighted by atomic mass is 10.0. The third kappa shape index (κ3) is 6.14. The van der Waals surface area contributed by atoms with Gasteiger partial charge in [-0.1, -0.05) is 47.7 Å². The van der Waals surface area contributed by atoms with Gasteiger partial charge in [-0.25, -0.2) is 9.97 Å². The Kier molecular flexibility index (Phi) is 7.10. The molecule has 1 N–H and O–H groups in total. The van der Waals surface area contributed by atoms with Gasteiger partial charge in [0.1, 0.15) is 6.33 Å². The van der Waals surface area contributed by atoms with Crippen LogP contribution < -0.4 is 5.32 Å². The van der Waals surface area contributed by atoms with E-state index in [-0.39, 0.29) is 0 Å². The molecule has 30 heavy (non-hydrogen) atoms. The van der Waals surface area contributed by atoms with Crippen LogP contribution in [-0.4, -0.2) is 34.0 Å². The molecule has 152 valence electrons. The average Bonchev–Trinajstić information content (AvgIpc) is 2.79. The van der Waals surface area contributed by atoms with Crippen LogP contribution in [0, 0.1) is 11.8 Å². The summed E-state index contributed by atoms with van der Waals surface area (Å²) in [6.45, 7) is 4.08. The van der Waals surface area contributed by atoms with Crippen LogP contribution in [-0.2, 0) is 13.1 Å². The van der Waals surface area contributed by atoms with Crippen LogP contribution >= 0.6 is 11.6 Å². The van der Waals surface area contributed by atoms with E-state index in [1.807, 2.05) is 12.1 Å². The van der Waals surface area contributed by atoms with Crippen LogP contribution in [0.2, 0.25) is 5.02 Å². The van der Waals surface area contributed by atoms with Crippen LogP contribution in [0.1, 0.15) is 35.1 Å². The predicted octanol–water partition coefficient (Wildman–Crippen LogP) is 4.28. The lowest BCUT2D eigenvalue weighted by Crippen LogP contribution is -2.45. The van der Waals surface area contributed by atoms with E-state index < -0.39 is 0 Å². The van der Waals surface area contributed by atoms with Gasteiger partial charge in [-0.2, -0.15) is 0 Å². The molecule has 0 unspecified atom stereocenters. The molecule has 0 spiro atoms. The first-order valence-corrected chi connectivity index (χ1v) is 10.7. The maximum Gasteiger partial charge on any atom is 0.115 e. The molecule has 1 fully saturated rings. The first-order chi connectivity index (χ1) is 14.7. The average molecular weight is 417 g/mol. The Balaban J connectivity index is 1.27. The van der Waals surface area contributed by atoms with Crippen molar-refractivity contribution in [2.75, 3.05) is 13.1 Å². The molecule has 5 heteroatoms. The zero-order valence-corrected chi connectivity index (χ0v) is 17.6. The number of likely N-dealkylation sites (tertiary alicyclic amines) is 1. The molecule has 1 aliphatic rings. The SMILES string of the molecule is Clc1ccc(CN2CCC[C@@H](NCc3ccc(C#Cc4cncnc4)cc3)C2)cc1. The van der Waals surface area contributed by atoms with Crippen molar-refractivity contribution in [2.24, 2.45) is 0 Å². The molecule has 0 aliphatic carbocycles. The standard InChI is InChI=1S/C25H25ClN4/c26-24-11-9-22(10-12-24)17-30-13-1-2-25(18-30)29-16-21-6-3-20(4-7-21)5-8-23-14-27-19-28-15-23/h3-4,6-7,9-12,14-15,19,25,29H,1-2,13,16-18H2/t25-/m1/s1. The summed E-state index contributed by atoms with van der Waals surface area (Å²) < 4.78 is 0. The molecule has 0 bridgehead atoms. The van der Waals surface area contributed by atoms with Gasteiger partial charge in [0.2, 0.25) is 0 Å². The molecule has 1 aromatic heterocycles. The van der Waals surface area contributed by atoms with E-state index in [2.05, 4.69) is 68.4 Å². The number of hydrogen-bond donors (Lipinski definition) is 1. The fourth-order valence-corrected chi connectivity index (χ4v) is 3.82. The molecule has 1 aliphatic heterocycles. The third-order valence-corrected chi connectivity index (χ3v) is 5.54. The van der Waals surface area contributed by atoms with E-state index in [1.54, 1.807) is 12.4 Å². The van der Waals surface area contributed by atoms with Crippen molar-refractivity contribution in [3.05, 3.63) is 94.5 Å². The van der Waals surface area contributed by atoms with Crippen molar-refractivity contribution < 1.29 is 0 Å². The molecular formula is C25H25ClN4. The maximum absolute atomic E-state index is 6.00. The lowest BCUT2D eigenvalue weighted by molar-refractivity contribution is 0.182. The summed E-state index contributed by atoms with van der Waals surface area (Å²) in [5.74, 6) is 6.25. The first-order valence-electron chi connectivity index (χ1n) is 10.3. The topological polar surface area (TPSA) is 41.0 Å². The van der Waals surface area contributed by atoms with Crippen LogP contribution in [0.3, 0.4) is 0 Å². The van der Waals surface area contributed by atoms with E-state index in [0.717, 1.165) is 42.3 Å². The van der Waals surface area contributed by atoms with Gasteiger partial charge in [0, 0.05) is 48.7 Å². The number of hydrogen-bond acceptors (Lipinski definition) is 4. The maximum atomic E-state index is 6.00. The second-order valence-corrected chi connectivity index (χ2v) is 8.09. The Labute approximate surface area is 183 Å². The zero-order chi connectivity index (χ0) is 20.6. The highest BCUT2D eigenvalue weighted by molar-refractivity contribution is 6.30. The van der Waals surface area contributed by atoms with E-state index in [1.165, 1.54) is 30.3 Å². The van der Waals surface area contributed by atoms with Crippen molar-refractivity contribution in [2.45, 2.75) is 32.0 Å². The number of nitrogens with one attached hydrogen (secondary N) is 1. The van der Waals surface area contributed by atoms with Gasteiger partial charge in [0.15, 0.2) is 0 Å². The summed E-state index contributed by atoms with van der Waals surface area (Å²) in [6, 6.07) is 17.1. The fraction of sp³-hybridized carbons (Fsp3) is 0.280. The molecule has 3 aromatic rings. The van der Waals surface area contributed by atoms with Crippen LogP contribution in [0.15, 0.2) is 67.3 Å². The normalized spacial score (nSPS) is 16.6. The summed E-state index contributed by atoms with van der Waals surface area (Å²) in [5.41, 5.74) is 4.41. The highest BCUT2D eigenvalue weighted by atomic mass is 35.5. The number of aromatic nitrogens is 2. The van der Waals surface area contributed by atoms with Crippen molar-refractivity contribution in [3.8, 4) is 11.8 Å². The molecule has 1 saturated heterocycles. The number of halogens is 1. The van der Waals surface area contributed by atoms with E-state index in [0.29, 0.717) is 6.04 Å². The summed E-state index contributed by atoms with van der Waals surface area (Å²) in [6.07, 6.45) is 7.40. The smallest absolute Gasteiger partial charge is 0.115 e. The molecular weight excluding hydrogens is 392 g/mol. The molecule has 0 radical (unpaired) electrons. The van der Waals surface area contributed by atoms with Gasteiger partial charge >= 0.3 is 0 Å². The summed E-state index contributed by atoms with van der Waals surface area (Å²) in [4.78, 5) is 10.5. The molecule has 4 nitrogen and oxygen atoms in total. The van der Waals surface area contributed by atoms with Crippen LogP contribution in [0.4, 0.5) is 0 Å². The minimum Gasteiger partial charge on any atom is -0.309 e. The zero-order valence-electron chi connectivity index (χ0n) is 16.9. The van der Waals surface area contributed by atoms with Crippen molar-refractivity contribution >= 4 is 11.6 Å². The highest BCUT2D eigenvalue weighted by Crippen LogP contribution is 2.16. The first kappa shape index (κ1) is 20.6. The van der Waals surface area contributed by atoms with Crippen LogP contribution in [0.25, 0.3) is 0 Å².